The molecule has 4 nitrogen and oxygen atoms in total. The van der Waals surface area contributed by atoms with Crippen LogP contribution in [0.5, 0.6) is 0 Å². The van der Waals surface area contributed by atoms with E-state index in [4.69, 9.17) is 4.74 Å². The molecule has 0 aromatic carbocycles. The molecule has 0 bridgehead atoms. The van der Waals surface area contributed by atoms with Gasteiger partial charge in [0.15, 0.2) is 5.78 Å². The standard InChI is InChI=1S/C20H28O4/c1-13-6-5-11-20(4,23)18(21)10-8-14(2)12-17-16(9-7-13)15(3)19(22)24-17/h6,12,17,23H,5,7-11H2,1-4H3/b13-6+,14-12+/t17-,20-/m1/s1. The molecule has 0 amide bonds. The zero-order valence-corrected chi connectivity index (χ0v) is 15.1. The van der Waals surface area contributed by atoms with Crippen LogP contribution < -0.4 is 0 Å². The number of fused-ring (bicyclic) bond motifs is 1. The Labute approximate surface area is 144 Å². The molecule has 1 aliphatic heterocycles. The lowest BCUT2D eigenvalue weighted by Crippen LogP contribution is -2.34. The molecule has 1 aliphatic carbocycles. The molecule has 2 rings (SSSR count). The summed E-state index contributed by atoms with van der Waals surface area (Å²) in [6.07, 6.45) is 7.35. The lowest BCUT2D eigenvalue weighted by Gasteiger charge is -2.22. The zero-order chi connectivity index (χ0) is 17.9. The van der Waals surface area contributed by atoms with Crippen LogP contribution in [0.25, 0.3) is 0 Å². The van der Waals surface area contributed by atoms with Gasteiger partial charge in [-0.2, -0.15) is 0 Å². The van der Waals surface area contributed by atoms with Crippen LogP contribution in [0, 0.1) is 0 Å². The molecule has 0 saturated heterocycles. The number of carbonyl (C=O) groups excluding carboxylic acids is 2. The van der Waals surface area contributed by atoms with Gasteiger partial charge in [-0.25, -0.2) is 4.79 Å². The maximum Gasteiger partial charge on any atom is 0.334 e. The van der Waals surface area contributed by atoms with Crippen LogP contribution in [0.15, 0.2) is 34.4 Å². The van der Waals surface area contributed by atoms with E-state index in [0.717, 1.165) is 24.0 Å². The molecule has 0 radical (unpaired) electrons. The van der Waals surface area contributed by atoms with E-state index in [-0.39, 0.29) is 17.9 Å². The van der Waals surface area contributed by atoms with E-state index in [1.807, 2.05) is 26.8 Å². The quantitative estimate of drug-likeness (QED) is 0.541. The summed E-state index contributed by atoms with van der Waals surface area (Å²) in [5.41, 5.74) is 2.69. The van der Waals surface area contributed by atoms with E-state index in [0.29, 0.717) is 31.3 Å². The Morgan fingerprint density at radius 1 is 1.08 bits per heavy atom. The lowest BCUT2D eigenvalue weighted by molar-refractivity contribution is -0.138. The molecule has 1 N–H and O–H groups in total. The number of ketones is 1. The number of allylic oxidation sites excluding steroid dienone is 3. The minimum absolute atomic E-state index is 0.131. The first-order valence-corrected chi connectivity index (χ1v) is 8.70. The highest BCUT2D eigenvalue weighted by molar-refractivity contribution is 5.92. The molecular weight excluding hydrogens is 304 g/mol. The van der Waals surface area contributed by atoms with E-state index in [2.05, 4.69) is 6.08 Å². The third-order valence-corrected chi connectivity index (χ3v) is 5.06. The number of esters is 1. The molecule has 2 aliphatic rings. The predicted molar refractivity (Wildman–Crippen MR) is 93.4 cm³/mol. The van der Waals surface area contributed by atoms with Gasteiger partial charge in [-0.15, -0.1) is 0 Å². The normalized spacial score (nSPS) is 34.6. The van der Waals surface area contributed by atoms with Crippen molar-refractivity contribution in [3.8, 4) is 0 Å². The average molecular weight is 332 g/mol. The van der Waals surface area contributed by atoms with Gasteiger partial charge >= 0.3 is 5.97 Å². The van der Waals surface area contributed by atoms with Crippen LogP contribution in [0.2, 0.25) is 0 Å². The van der Waals surface area contributed by atoms with Gasteiger partial charge in [-0.05, 0) is 71.4 Å². The fourth-order valence-corrected chi connectivity index (χ4v) is 3.18. The van der Waals surface area contributed by atoms with Crippen molar-refractivity contribution in [3.05, 3.63) is 34.4 Å². The first-order valence-electron chi connectivity index (χ1n) is 8.70. The minimum atomic E-state index is -1.28. The zero-order valence-electron chi connectivity index (χ0n) is 15.1. The van der Waals surface area contributed by atoms with Crippen molar-refractivity contribution in [1.29, 1.82) is 0 Å². The summed E-state index contributed by atoms with van der Waals surface area (Å²) in [4.78, 5) is 24.2. The molecule has 0 spiro atoms. The van der Waals surface area contributed by atoms with Crippen molar-refractivity contribution < 1.29 is 19.4 Å². The number of Topliss-reactive ketones (excluding diaryl/α,β-unsaturated/α-hetero) is 1. The second-order valence-electron chi connectivity index (χ2n) is 7.28. The highest BCUT2D eigenvalue weighted by atomic mass is 16.5. The van der Waals surface area contributed by atoms with Gasteiger partial charge in [-0.1, -0.05) is 17.2 Å². The Hall–Kier alpha value is -1.68. The van der Waals surface area contributed by atoms with Crippen LogP contribution in [0.4, 0.5) is 0 Å². The van der Waals surface area contributed by atoms with Gasteiger partial charge in [0.05, 0.1) is 0 Å². The second kappa shape index (κ2) is 7.47. The van der Waals surface area contributed by atoms with Gasteiger partial charge in [0.25, 0.3) is 0 Å². The molecule has 4 heteroatoms. The highest BCUT2D eigenvalue weighted by Crippen LogP contribution is 2.30. The molecule has 132 valence electrons. The Kier molecular flexibility index (Phi) is 5.81. The SMILES string of the molecule is CC1=C2CC/C(C)=C/CC[C@@](C)(O)C(=O)CC/C(C)=C/[C@H]2OC1=O. The smallest absolute Gasteiger partial charge is 0.334 e. The summed E-state index contributed by atoms with van der Waals surface area (Å²) < 4.78 is 5.47. The second-order valence-corrected chi connectivity index (χ2v) is 7.28. The molecule has 0 fully saturated rings. The van der Waals surface area contributed by atoms with Crippen LogP contribution in [0.3, 0.4) is 0 Å². The van der Waals surface area contributed by atoms with Crippen LogP contribution in [0.1, 0.15) is 66.2 Å². The minimum Gasteiger partial charge on any atom is -0.450 e. The number of rotatable bonds is 0. The first kappa shape index (κ1) is 18.7. The topological polar surface area (TPSA) is 63.6 Å². The molecular formula is C20H28O4. The fourth-order valence-electron chi connectivity index (χ4n) is 3.18. The van der Waals surface area contributed by atoms with Crippen LogP contribution in [-0.4, -0.2) is 28.6 Å². The Bertz CT molecular complexity index is 620. The van der Waals surface area contributed by atoms with Crippen molar-refractivity contribution in [3.63, 3.8) is 0 Å². The largest absolute Gasteiger partial charge is 0.450 e. The third-order valence-electron chi connectivity index (χ3n) is 5.06. The maximum absolute atomic E-state index is 12.3. The van der Waals surface area contributed by atoms with E-state index < -0.39 is 5.60 Å². The van der Waals surface area contributed by atoms with Crippen molar-refractivity contribution in [1.82, 2.24) is 0 Å². The van der Waals surface area contributed by atoms with Crippen molar-refractivity contribution >= 4 is 11.8 Å². The van der Waals surface area contributed by atoms with Crippen molar-refractivity contribution in [2.45, 2.75) is 77.9 Å². The van der Waals surface area contributed by atoms with Gasteiger partial charge < -0.3 is 9.84 Å². The molecule has 0 aromatic heterocycles. The van der Waals surface area contributed by atoms with E-state index in [1.54, 1.807) is 6.92 Å². The average Bonchev–Trinajstić information content (AvgIpc) is 2.76. The molecule has 24 heavy (non-hydrogen) atoms. The predicted octanol–water partition coefficient (Wildman–Crippen LogP) is 3.80. The summed E-state index contributed by atoms with van der Waals surface area (Å²) in [5, 5.41) is 10.4. The van der Waals surface area contributed by atoms with Crippen LogP contribution >= 0.6 is 0 Å². The number of ether oxygens (including phenoxy) is 1. The van der Waals surface area contributed by atoms with Crippen molar-refractivity contribution in [2.75, 3.05) is 0 Å². The van der Waals surface area contributed by atoms with Gasteiger partial charge in [0.1, 0.15) is 11.7 Å². The first-order chi connectivity index (χ1) is 11.2. The Balaban J connectivity index is 2.27. The van der Waals surface area contributed by atoms with Gasteiger partial charge in [0.2, 0.25) is 0 Å². The number of aliphatic hydroxyl groups is 1. The summed E-state index contributed by atoms with van der Waals surface area (Å²) in [6, 6.07) is 0. The number of hydrogen-bond acceptors (Lipinski definition) is 4. The van der Waals surface area contributed by atoms with E-state index >= 15 is 0 Å². The number of carbonyl (C=O) groups is 2. The molecule has 0 unspecified atom stereocenters. The fraction of sp³-hybridized carbons (Fsp3) is 0.600. The van der Waals surface area contributed by atoms with E-state index in [1.165, 1.54) is 5.57 Å². The molecule has 0 saturated carbocycles. The third kappa shape index (κ3) is 4.44. The van der Waals surface area contributed by atoms with Gasteiger partial charge in [0, 0.05) is 12.0 Å². The summed E-state index contributed by atoms with van der Waals surface area (Å²) in [5.74, 6) is -0.377. The monoisotopic (exact) mass is 332 g/mol. The lowest BCUT2D eigenvalue weighted by atomic mass is 9.89. The van der Waals surface area contributed by atoms with Gasteiger partial charge in [-0.3, -0.25) is 4.79 Å². The molecule has 0 aromatic rings. The highest BCUT2D eigenvalue weighted by Gasteiger charge is 2.31. The molecule has 1 heterocycles. The maximum atomic E-state index is 12.3. The Morgan fingerprint density at radius 3 is 2.46 bits per heavy atom. The Morgan fingerprint density at radius 2 is 1.75 bits per heavy atom. The molecule has 2 atom stereocenters. The van der Waals surface area contributed by atoms with Crippen LogP contribution in [-0.2, 0) is 14.3 Å². The summed E-state index contributed by atoms with van der Waals surface area (Å²) >= 11 is 0. The van der Waals surface area contributed by atoms with E-state index in [9.17, 15) is 14.7 Å². The number of hydrogen-bond donors (Lipinski definition) is 1. The summed E-state index contributed by atoms with van der Waals surface area (Å²) in [7, 11) is 0. The summed E-state index contributed by atoms with van der Waals surface area (Å²) in [6.45, 7) is 7.42. The van der Waals surface area contributed by atoms with Crippen molar-refractivity contribution in [2.24, 2.45) is 0 Å².